The number of aliphatic carboxylic acids is 1. The molecule has 4 nitrogen and oxygen atoms in total. The zero-order chi connectivity index (χ0) is 15.2. The van der Waals surface area contributed by atoms with Gasteiger partial charge in [0.25, 0.3) is 0 Å². The number of aliphatic hydroxyl groups is 2. The van der Waals surface area contributed by atoms with Gasteiger partial charge in [0, 0.05) is 0 Å². The van der Waals surface area contributed by atoms with Gasteiger partial charge in [-0.25, -0.2) is 0 Å². The average Bonchev–Trinajstić information content (AvgIpc) is 2.38. The first-order valence-corrected chi connectivity index (χ1v) is 8.14. The number of carbonyl (C=O) groups is 1. The lowest BCUT2D eigenvalue weighted by Crippen LogP contribution is -2.12. The summed E-state index contributed by atoms with van der Waals surface area (Å²) in [7, 11) is 0. The fraction of sp³-hybridized carbons (Fsp3) is 0.938. The van der Waals surface area contributed by atoms with Crippen molar-refractivity contribution in [2.45, 2.75) is 96.2 Å². The van der Waals surface area contributed by atoms with Crippen LogP contribution in [0.1, 0.15) is 84.0 Å². The smallest absolute Gasteiger partial charge is 0.305 e. The minimum atomic E-state index is -0.931. The van der Waals surface area contributed by atoms with E-state index in [1.165, 1.54) is 0 Å². The van der Waals surface area contributed by atoms with Crippen molar-refractivity contribution in [3.8, 4) is 0 Å². The van der Waals surface area contributed by atoms with E-state index in [9.17, 15) is 15.0 Å². The van der Waals surface area contributed by atoms with Gasteiger partial charge in [-0.1, -0.05) is 58.3 Å². The largest absolute Gasteiger partial charge is 0.481 e. The number of carboxylic acids is 1. The molecule has 2 atom stereocenters. The van der Waals surface area contributed by atoms with Crippen molar-refractivity contribution < 1.29 is 20.1 Å². The molecule has 0 radical (unpaired) electrons. The molecule has 3 N–H and O–H groups in total. The predicted molar refractivity (Wildman–Crippen MR) is 80.7 cm³/mol. The van der Waals surface area contributed by atoms with Crippen molar-refractivity contribution in [3.05, 3.63) is 0 Å². The summed E-state index contributed by atoms with van der Waals surface area (Å²) >= 11 is 0. The quantitative estimate of drug-likeness (QED) is 0.428. The first-order chi connectivity index (χ1) is 9.56. The Balaban J connectivity index is 3.22. The highest BCUT2D eigenvalue weighted by molar-refractivity contribution is 5.67. The number of aliphatic hydroxyl groups excluding tert-OH is 2. The topological polar surface area (TPSA) is 77.8 Å². The maximum absolute atomic E-state index is 10.4. The molecule has 0 aromatic heterocycles. The first-order valence-electron chi connectivity index (χ1n) is 8.14. The third-order valence-corrected chi connectivity index (χ3v) is 3.63. The second-order valence-corrected chi connectivity index (χ2v) is 5.75. The molecule has 0 aliphatic rings. The highest BCUT2D eigenvalue weighted by Gasteiger charge is 2.08. The van der Waals surface area contributed by atoms with Crippen LogP contribution in [0.5, 0.6) is 0 Å². The zero-order valence-corrected chi connectivity index (χ0v) is 12.9. The Morgan fingerprint density at radius 1 is 0.800 bits per heavy atom. The second kappa shape index (κ2) is 13.4. The molecule has 0 spiro atoms. The minimum Gasteiger partial charge on any atom is -0.481 e. The average molecular weight is 288 g/mol. The van der Waals surface area contributed by atoms with Gasteiger partial charge in [-0.2, -0.15) is 0 Å². The van der Waals surface area contributed by atoms with Crippen LogP contribution in [-0.4, -0.2) is 33.5 Å². The fourth-order valence-electron chi connectivity index (χ4n) is 2.35. The molecule has 0 unspecified atom stereocenters. The van der Waals surface area contributed by atoms with Crippen molar-refractivity contribution in [1.82, 2.24) is 0 Å². The standard InChI is InChI=1S/C16H32O4/c1-2-3-10-14(17)11-8-6-4-5-7-9-12-15(18)13-16(19)20/h14-15,17-18H,2-13H2,1H3,(H,19,20)/t14-,15-/m0/s1. The molecule has 120 valence electrons. The molecule has 0 saturated carbocycles. The molecular weight excluding hydrogens is 256 g/mol. The van der Waals surface area contributed by atoms with Gasteiger partial charge in [0.15, 0.2) is 0 Å². The van der Waals surface area contributed by atoms with E-state index in [0.717, 1.165) is 64.2 Å². The van der Waals surface area contributed by atoms with Crippen molar-refractivity contribution in [1.29, 1.82) is 0 Å². The molecule has 0 aromatic rings. The summed E-state index contributed by atoms with van der Waals surface area (Å²) in [6.07, 6.45) is 10.2. The molecule has 0 bridgehead atoms. The molecule has 4 heteroatoms. The Morgan fingerprint density at radius 3 is 1.75 bits per heavy atom. The lowest BCUT2D eigenvalue weighted by Gasteiger charge is -2.09. The van der Waals surface area contributed by atoms with E-state index < -0.39 is 12.1 Å². The van der Waals surface area contributed by atoms with Gasteiger partial charge in [0.2, 0.25) is 0 Å². The monoisotopic (exact) mass is 288 g/mol. The van der Waals surface area contributed by atoms with E-state index in [0.29, 0.717) is 6.42 Å². The maximum Gasteiger partial charge on any atom is 0.305 e. The van der Waals surface area contributed by atoms with Gasteiger partial charge in [-0.3, -0.25) is 4.79 Å². The Kier molecular flexibility index (Phi) is 13.0. The van der Waals surface area contributed by atoms with E-state index in [1.54, 1.807) is 0 Å². The van der Waals surface area contributed by atoms with E-state index in [2.05, 4.69) is 6.92 Å². The minimum absolute atomic E-state index is 0.124. The van der Waals surface area contributed by atoms with Crippen LogP contribution < -0.4 is 0 Å². The summed E-state index contributed by atoms with van der Waals surface area (Å²) in [6, 6.07) is 0. The van der Waals surface area contributed by atoms with Gasteiger partial charge >= 0.3 is 5.97 Å². The summed E-state index contributed by atoms with van der Waals surface area (Å²) in [4.78, 5) is 10.4. The lowest BCUT2D eigenvalue weighted by atomic mass is 10.0. The molecule has 0 aliphatic carbocycles. The van der Waals surface area contributed by atoms with Gasteiger partial charge in [0.05, 0.1) is 18.6 Å². The summed E-state index contributed by atoms with van der Waals surface area (Å²) in [5.41, 5.74) is 0. The van der Waals surface area contributed by atoms with Crippen molar-refractivity contribution in [2.24, 2.45) is 0 Å². The molecule has 0 fully saturated rings. The van der Waals surface area contributed by atoms with Gasteiger partial charge in [-0.05, 0) is 19.3 Å². The van der Waals surface area contributed by atoms with Gasteiger partial charge in [-0.15, -0.1) is 0 Å². The van der Waals surface area contributed by atoms with E-state index in [-0.39, 0.29) is 12.5 Å². The second-order valence-electron chi connectivity index (χ2n) is 5.75. The third-order valence-electron chi connectivity index (χ3n) is 3.63. The summed E-state index contributed by atoms with van der Waals surface area (Å²) in [5.74, 6) is -0.931. The van der Waals surface area contributed by atoms with E-state index in [4.69, 9.17) is 5.11 Å². The Labute approximate surface area is 123 Å². The molecule has 20 heavy (non-hydrogen) atoms. The lowest BCUT2D eigenvalue weighted by molar-refractivity contribution is -0.139. The SMILES string of the molecule is CCCC[C@H](O)CCCCCCCC[C@H](O)CC(=O)O. The Bertz CT molecular complexity index is 231. The first kappa shape index (κ1) is 19.4. The molecule has 0 rings (SSSR count). The van der Waals surface area contributed by atoms with Crippen LogP contribution in [0.2, 0.25) is 0 Å². The molecule has 0 amide bonds. The maximum atomic E-state index is 10.4. The Hall–Kier alpha value is -0.610. The van der Waals surface area contributed by atoms with Crippen molar-refractivity contribution in [2.75, 3.05) is 0 Å². The molecule has 0 aliphatic heterocycles. The predicted octanol–water partition coefficient (Wildman–Crippen LogP) is 3.49. The fourth-order valence-corrected chi connectivity index (χ4v) is 2.35. The number of hydrogen-bond donors (Lipinski definition) is 3. The molecular formula is C16H32O4. The van der Waals surface area contributed by atoms with Crippen LogP contribution in [-0.2, 0) is 4.79 Å². The summed E-state index contributed by atoms with van der Waals surface area (Å²) in [6.45, 7) is 2.14. The zero-order valence-electron chi connectivity index (χ0n) is 12.9. The highest BCUT2D eigenvalue weighted by atomic mass is 16.4. The van der Waals surface area contributed by atoms with Crippen molar-refractivity contribution in [3.63, 3.8) is 0 Å². The van der Waals surface area contributed by atoms with Crippen molar-refractivity contribution >= 4 is 5.97 Å². The number of rotatable bonds is 14. The third kappa shape index (κ3) is 13.8. The van der Waals surface area contributed by atoms with Crippen LogP contribution in [0.25, 0.3) is 0 Å². The van der Waals surface area contributed by atoms with Gasteiger partial charge in [0.1, 0.15) is 0 Å². The van der Waals surface area contributed by atoms with Crippen LogP contribution in [0, 0.1) is 0 Å². The normalized spacial score (nSPS) is 14.2. The van der Waals surface area contributed by atoms with E-state index in [1.807, 2.05) is 0 Å². The van der Waals surface area contributed by atoms with Gasteiger partial charge < -0.3 is 15.3 Å². The number of hydrogen-bond acceptors (Lipinski definition) is 3. The van der Waals surface area contributed by atoms with Crippen LogP contribution in [0.15, 0.2) is 0 Å². The highest BCUT2D eigenvalue weighted by Crippen LogP contribution is 2.13. The van der Waals surface area contributed by atoms with Crippen LogP contribution in [0.4, 0.5) is 0 Å². The van der Waals surface area contributed by atoms with Crippen LogP contribution in [0.3, 0.4) is 0 Å². The Morgan fingerprint density at radius 2 is 1.25 bits per heavy atom. The molecule has 0 aromatic carbocycles. The number of carboxylic acid groups (broad SMARTS) is 1. The number of unbranched alkanes of at least 4 members (excludes halogenated alkanes) is 6. The molecule has 0 heterocycles. The summed E-state index contributed by atoms with van der Waals surface area (Å²) < 4.78 is 0. The van der Waals surface area contributed by atoms with Crippen LogP contribution >= 0.6 is 0 Å². The summed E-state index contributed by atoms with van der Waals surface area (Å²) in [5, 5.41) is 27.6. The van der Waals surface area contributed by atoms with E-state index >= 15 is 0 Å². The molecule has 0 saturated heterocycles.